The van der Waals surface area contributed by atoms with Gasteiger partial charge in [0, 0.05) is 35.4 Å². The SMILES string of the molecule is c1ccc(C2c3ccccc3-c3cc(C4=Nc5cccnc5C(c5ccc6c(c5)-c5ccccc5C6c5ccccc5)=Nc5cccnc54)ccc32)cc1. The molecule has 54 heavy (non-hydrogen) atoms. The number of nitrogens with zero attached hydrogens (tertiary/aromatic N) is 4. The summed E-state index contributed by atoms with van der Waals surface area (Å²) in [6.07, 6.45) is 3.67. The highest BCUT2D eigenvalue weighted by molar-refractivity contribution is 6.21. The molecule has 3 aliphatic rings. The van der Waals surface area contributed by atoms with Crippen LogP contribution in [0.4, 0.5) is 11.4 Å². The van der Waals surface area contributed by atoms with Crippen molar-refractivity contribution >= 4 is 22.8 Å². The van der Waals surface area contributed by atoms with Gasteiger partial charge in [0.25, 0.3) is 0 Å². The van der Waals surface area contributed by atoms with E-state index in [4.69, 9.17) is 20.0 Å². The van der Waals surface area contributed by atoms with Crippen LogP contribution in [-0.4, -0.2) is 21.4 Å². The molecule has 8 aromatic rings. The van der Waals surface area contributed by atoms with Crippen molar-refractivity contribution in [3.8, 4) is 22.3 Å². The van der Waals surface area contributed by atoms with Crippen molar-refractivity contribution in [2.75, 3.05) is 0 Å². The first kappa shape index (κ1) is 30.6. The Balaban J connectivity index is 1.06. The van der Waals surface area contributed by atoms with Gasteiger partial charge in [-0.15, -0.1) is 0 Å². The Morgan fingerprint density at radius 1 is 0.333 bits per heavy atom. The average Bonchev–Trinajstić information content (AvgIpc) is 3.74. The van der Waals surface area contributed by atoms with E-state index < -0.39 is 0 Å². The lowest BCUT2D eigenvalue weighted by Gasteiger charge is -2.18. The molecule has 252 valence electrons. The summed E-state index contributed by atoms with van der Waals surface area (Å²) in [7, 11) is 0. The molecule has 4 nitrogen and oxygen atoms in total. The quantitative estimate of drug-likeness (QED) is 0.185. The highest BCUT2D eigenvalue weighted by Crippen LogP contribution is 2.50. The molecule has 0 radical (unpaired) electrons. The van der Waals surface area contributed by atoms with Gasteiger partial charge in [-0.2, -0.15) is 0 Å². The van der Waals surface area contributed by atoms with Crippen LogP contribution in [0, 0.1) is 0 Å². The van der Waals surface area contributed by atoms with Crippen molar-refractivity contribution in [3.05, 3.63) is 238 Å². The average molecular weight is 689 g/mol. The molecule has 0 amide bonds. The van der Waals surface area contributed by atoms with Gasteiger partial charge >= 0.3 is 0 Å². The van der Waals surface area contributed by atoms with E-state index in [9.17, 15) is 0 Å². The minimum absolute atomic E-state index is 0.176. The van der Waals surface area contributed by atoms with Crippen molar-refractivity contribution in [3.63, 3.8) is 0 Å². The second-order valence-corrected chi connectivity index (χ2v) is 14.1. The van der Waals surface area contributed by atoms with Gasteiger partial charge in [0.1, 0.15) is 11.4 Å². The Kier molecular flexibility index (Phi) is 6.96. The van der Waals surface area contributed by atoms with Gasteiger partial charge in [0.05, 0.1) is 22.8 Å². The lowest BCUT2D eigenvalue weighted by atomic mass is 9.88. The van der Waals surface area contributed by atoms with Gasteiger partial charge in [-0.3, -0.25) is 9.97 Å². The Morgan fingerprint density at radius 2 is 0.741 bits per heavy atom. The highest BCUT2D eigenvalue weighted by Gasteiger charge is 2.33. The van der Waals surface area contributed by atoms with Crippen molar-refractivity contribution in [2.24, 2.45) is 9.98 Å². The third kappa shape index (κ3) is 4.77. The summed E-state index contributed by atoms with van der Waals surface area (Å²) < 4.78 is 0. The summed E-state index contributed by atoms with van der Waals surface area (Å²) in [4.78, 5) is 20.7. The van der Waals surface area contributed by atoms with Crippen LogP contribution >= 0.6 is 0 Å². The molecule has 6 aromatic carbocycles. The summed E-state index contributed by atoms with van der Waals surface area (Å²) in [6, 6.07) is 60.6. The molecule has 1 aliphatic heterocycles. The number of benzene rings is 6. The molecule has 3 heterocycles. The number of aliphatic imine (C=N–C) groups is 2. The van der Waals surface area contributed by atoms with Gasteiger partial charge in [-0.1, -0.05) is 133 Å². The van der Waals surface area contributed by atoms with Crippen LogP contribution in [0.3, 0.4) is 0 Å². The molecule has 2 aliphatic carbocycles. The molecule has 0 fully saturated rings. The normalized spacial score (nSPS) is 16.0. The van der Waals surface area contributed by atoms with E-state index in [1.165, 1.54) is 55.6 Å². The Morgan fingerprint density at radius 3 is 1.20 bits per heavy atom. The second-order valence-electron chi connectivity index (χ2n) is 14.1. The van der Waals surface area contributed by atoms with Crippen molar-refractivity contribution in [1.82, 2.24) is 9.97 Å². The topological polar surface area (TPSA) is 50.5 Å². The molecule has 0 N–H and O–H groups in total. The van der Waals surface area contributed by atoms with E-state index in [1.54, 1.807) is 0 Å². The van der Waals surface area contributed by atoms with E-state index in [0.29, 0.717) is 0 Å². The van der Waals surface area contributed by atoms with E-state index in [1.807, 2.05) is 36.7 Å². The highest BCUT2D eigenvalue weighted by atomic mass is 14.9. The Hall–Kier alpha value is -7.04. The monoisotopic (exact) mass is 688 g/mol. The van der Waals surface area contributed by atoms with Gasteiger partial charge < -0.3 is 0 Å². The Labute approximate surface area is 314 Å². The fraction of sp³-hybridized carbons (Fsp3) is 0.0400. The number of aromatic nitrogens is 2. The van der Waals surface area contributed by atoms with Gasteiger partial charge in [0.2, 0.25) is 0 Å². The fourth-order valence-electron chi connectivity index (χ4n) is 8.80. The van der Waals surface area contributed by atoms with Crippen LogP contribution in [0.25, 0.3) is 22.3 Å². The zero-order valence-electron chi connectivity index (χ0n) is 29.3. The summed E-state index contributed by atoms with van der Waals surface area (Å²) in [5.74, 6) is 0.353. The van der Waals surface area contributed by atoms with E-state index in [0.717, 1.165) is 45.3 Å². The zero-order valence-corrected chi connectivity index (χ0v) is 29.3. The molecule has 2 unspecified atom stereocenters. The Bertz CT molecular complexity index is 2640. The van der Waals surface area contributed by atoms with E-state index >= 15 is 0 Å². The lowest BCUT2D eigenvalue weighted by Crippen LogP contribution is -2.13. The second kappa shape index (κ2) is 12.3. The molecule has 0 bridgehead atoms. The summed E-state index contributed by atoms with van der Waals surface area (Å²) in [5, 5.41) is 0. The molecule has 4 heteroatoms. The molecule has 2 atom stereocenters. The number of hydrogen-bond donors (Lipinski definition) is 0. The molecular weight excluding hydrogens is 657 g/mol. The summed E-state index contributed by atoms with van der Waals surface area (Å²) in [6.45, 7) is 0. The molecule has 0 saturated carbocycles. The van der Waals surface area contributed by atoms with Crippen molar-refractivity contribution < 1.29 is 0 Å². The molecule has 0 saturated heterocycles. The maximum absolute atomic E-state index is 5.42. The summed E-state index contributed by atoms with van der Waals surface area (Å²) >= 11 is 0. The van der Waals surface area contributed by atoms with E-state index in [2.05, 4.69) is 146 Å². The first-order chi connectivity index (χ1) is 26.8. The van der Waals surface area contributed by atoms with E-state index in [-0.39, 0.29) is 11.8 Å². The first-order valence-electron chi connectivity index (χ1n) is 18.5. The first-order valence-corrected chi connectivity index (χ1v) is 18.5. The van der Waals surface area contributed by atoms with Crippen LogP contribution in [0.2, 0.25) is 0 Å². The van der Waals surface area contributed by atoms with Crippen LogP contribution in [-0.2, 0) is 0 Å². The van der Waals surface area contributed by atoms with Gasteiger partial charge in [-0.25, -0.2) is 9.98 Å². The molecular formula is C50H32N4. The van der Waals surface area contributed by atoms with Crippen LogP contribution in [0.5, 0.6) is 0 Å². The minimum atomic E-state index is 0.176. The van der Waals surface area contributed by atoms with Gasteiger partial charge in [0.15, 0.2) is 0 Å². The fourth-order valence-corrected chi connectivity index (χ4v) is 8.80. The van der Waals surface area contributed by atoms with Crippen LogP contribution < -0.4 is 0 Å². The minimum Gasteiger partial charge on any atom is -0.252 e. The smallest absolute Gasteiger partial charge is 0.115 e. The molecule has 2 aromatic heterocycles. The molecule has 0 spiro atoms. The maximum Gasteiger partial charge on any atom is 0.115 e. The third-order valence-corrected chi connectivity index (χ3v) is 11.2. The number of hydrogen-bond acceptors (Lipinski definition) is 4. The number of pyridine rings is 2. The predicted octanol–water partition coefficient (Wildman–Crippen LogP) is 11.4. The van der Waals surface area contributed by atoms with Crippen LogP contribution in [0.1, 0.15) is 67.7 Å². The van der Waals surface area contributed by atoms with Gasteiger partial charge in [-0.05, 0) is 92.0 Å². The predicted molar refractivity (Wildman–Crippen MR) is 218 cm³/mol. The summed E-state index contributed by atoms with van der Waals surface area (Å²) in [5.41, 5.74) is 19.3. The third-order valence-electron chi connectivity index (χ3n) is 11.2. The van der Waals surface area contributed by atoms with Crippen molar-refractivity contribution in [1.29, 1.82) is 0 Å². The lowest BCUT2D eigenvalue weighted by molar-refractivity contribution is 1.01. The van der Waals surface area contributed by atoms with Crippen molar-refractivity contribution in [2.45, 2.75) is 11.8 Å². The number of fused-ring (bicyclic) bond motifs is 8. The molecule has 11 rings (SSSR count). The largest absolute Gasteiger partial charge is 0.252 e. The number of rotatable bonds is 4. The zero-order chi connectivity index (χ0) is 35.6. The van der Waals surface area contributed by atoms with Crippen LogP contribution in [0.15, 0.2) is 192 Å². The maximum atomic E-state index is 5.42. The standard InChI is InChI=1S/C50H32N4/c1-3-13-31(14-4-1)45-37-19-9-7-17-35(37)41-29-33(23-25-39(41)45)47-49-43(21-11-27-51-49)54-48(50-44(53-47)22-12-28-52-50)34-24-26-40-42(30-34)36-18-8-10-20-38(36)46(40)32-15-5-2-6-16-32/h1-30,45-46H.